The van der Waals surface area contributed by atoms with E-state index in [-0.39, 0.29) is 5.91 Å². The van der Waals surface area contributed by atoms with E-state index in [0.717, 1.165) is 5.56 Å². The molecule has 0 unspecified atom stereocenters. The fourth-order valence-corrected chi connectivity index (χ4v) is 3.55. The molecule has 0 aliphatic carbocycles. The summed E-state index contributed by atoms with van der Waals surface area (Å²) in [4.78, 5) is 29.4. The second-order valence-corrected chi connectivity index (χ2v) is 6.86. The van der Waals surface area contributed by atoms with Crippen molar-refractivity contribution in [2.24, 2.45) is 0 Å². The molecule has 31 heavy (non-hydrogen) atoms. The van der Waals surface area contributed by atoms with E-state index in [2.05, 4.69) is 20.7 Å². The fourth-order valence-electron chi connectivity index (χ4n) is 3.55. The Morgan fingerprint density at radius 1 is 1.10 bits per heavy atom. The topological polar surface area (TPSA) is 107 Å². The number of para-hydroxylation sites is 2. The summed E-state index contributed by atoms with van der Waals surface area (Å²) < 4.78 is 11.7. The number of hydrogen-bond acceptors (Lipinski definition) is 7. The molecular weight excluding hydrogens is 398 g/mol. The van der Waals surface area contributed by atoms with E-state index in [1.165, 1.54) is 13.4 Å². The summed E-state index contributed by atoms with van der Waals surface area (Å²) >= 11 is 0. The predicted molar refractivity (Wildman–Crippen MR) is 114 cm³/mol. The average Bonchev–Trinajstić information content (AvgIpc) is 3.26. The van der Waals surface area contributed by atoms with Crippen LogP contribution in [0, 0.1) is 0 Å². The number of methoxy groups -OCH3 is 2. The van der Waals surface area contributed by atoms with E-state index in [1.807, 2.05) is 19.1 Å². The smallest absolute Gasteiger partial charge is 0.337 e. The van der Waals surface area contributed by atoms with E-state index in [0.29, 0.717) is 34.2 Å². The zero-order chi connectivity index (χ0) is 22.0. The molecule has 1 atom stereocenters. The number of carbonyl (C=O) groups is 2. The van der Waals surface area contributed by atoms with Crippen LogP contribution in [-0.2, 0) is 9.53 Å². The molecule has 0 radical (unpaired) electrons. The lowest BCUT2D eigenvalue weighted by molar-refractivity contribution is -0.113. The van der Waals surface area contributed by atoms with Crippen LogP contribution in [0.4, 0.5) is 11.6 Å². The van der Waals surface area contributed by atoms with Crippen molar-refractivity contribution < 1.29 is 19.1 Å². The van der Waals surface area contributed by atoms with Crippen LogP contribution in [0.25, 0.3) is 0 Å². The molecule has 1 aliphatic heterocycles. The highest BCUT2D eigenvalue weighted by molar-refractivity contribution is 6.06. The molecule has 4 rings (SSSR count). The van der Waals surface area contributed by atoms with Crippen molar-refractivity contribution in [1.29, 1.82) is 0 Å². The molecule has 0 saturated carbocycles. The highest BCUT2D eigenvalue weighted by Gasteiger charge is 2.33. The first kappa shape index (κ1) is 20.1. The zero-order valence-corrected chi connectivity index (χ0v) is 17.2. The van der Waals surface area contributed by atoms with Crippen LogP contribution in [0.15, 0.2) is 66.1 Å². The van der Waals surface area contributed by atoms with Gasteiger partial charge in [-0.15, -0.1) is 0 Å². The number of amides is 1. The summed E-state index contributed by atoms with van der Waals surface area (Å²) in [5.74, 6) is 0.337. The number of hydrogen-bond donors (Lipinski definition) is 2. The summed E-state index contributed by atoms with van der Waals surface area (Å²) in [6.45, 7) is 1.81. The average molecular weight is 419 g/mol. The molecule has 0 fully saturated rings. The number of ether oxygens (including phenoxy) is 2. The number of aromatic nitrogens is 3. The number of nitrogens with one attached hydrogen (secondary N) is 2. The molecule has 9 nitrogen and oxygen atoms in total. The van der Waals surface area contributed by atoms with E-state index >= 15 is 0 Å². The van der Waals surface area contributed by atoms with E-state index < -0.39 is 12.0 Å². The zero-order valence-electron chi connectivity index (χ0n) is 17.2. The van der Waals surface area contributed by atoms with E-state index in [4.69, 9.17) is 9.47 Å². The summed E-state index contributed by atoms with van der Waals surface area (Å²) in [7, 11) is 2.88. The largest absolute Gasteiger partial charge is 0.495 e. The van der Waals surface area contributed by atoms with Crippen LogP contribution in [0.5, 0.6) is 5.75 Å². The van der Waals surface area contributed by atoms with Gasteiger partial charge in [-0.05, 0) is 36.8 Å². The summed E-state index contributed by atoms with van der Waals surface area (Å²) in [5, 5.41) is 10.4. The molecule has 158 valence electrons. The van der Waals surface area contributed by atoms with Crippen molar-refractivity contribution >= 4 is 23.5 Å². The number of anilines is 2. The number of nitrogens with zero attached hydrogens (tertiary/aromatic N) is 3. The monoisotopic (exact) mass is 419 g/mol. The number of rotatable bonds is 5. The second-order valence-electron chi connectivity index (χ2n) is 6.86. The SMILES string of the molecule is COC(=O)c1ccc([C@H]2C(C(=O)Nc3ccccc3OC)=C(C)Nc3ncnn32)cc1. The van der Waals surface area contributed by atoms with Gasteiger partial charge in [-0.3, -0.25) is 4.79 Å². The maximum absolute atomic E-state index is 13.4. The third-order valence-corrected chi connectivity index (χ3v) is 5.04. The highest BCUT2D eigenvalue weighted by atomic mass is 16.5. The molecule has 1 aliphatic rings. The van der Waals surface area contributed by atoms with Crippen LogP contribution < -0.4 is 15.4 Å². The molecule has 2 heterocycles. The van der Waals surface area contributed by atoms with Gasteiger partial charge in [0.15, 0.2) is 0 Å². The third kappa shape index (κ3) is 3.73. The quantitative estimate of drug-likeness (QED) is 0.612. The van der Waals surface area contributed by atoms with Gasteiger partial charge in [-0.25, -0.2) is 9.48 Å². The molecule has 0 bridgehead atoms. The molecule has 2 aromatic carbocycles. The Hall–Kier alpha value is -4.14. The molecule has 3 aromatic rings. The first-order valence-corrected chi connectivity index (χ1v) is 9.53. The second kappa shape index (κ2) is 8.31. The van der Waals surface area contributed by atoms with Gasteiger partial charge in [-0.2, -0.15) is 10.1 Å². The minimum atomic E-state index is -0.542. The molecule has 0 spiro atoms. The van der Waals surface area contributed by atoms with Crippen molar-refractivity contribution in [2.45, 2.75) is 13.0 Å². The number of esters is 1. The lowest BCUT2D eigenvalue weighted by Gasteiger charge is -2.29. The van der Waals surface area contributed by atoms with Crippen LogP contribution in [0.2, 0.25) is 0 Å². The van der Waals surface area contributed by atoms with E-state index in [9.17, 15) is 9.59 Å². The van der Waals surface area contributed by atoms with Crippen molar-refractivity contribution in [3.8, 4) is 5.75 Å². The Balaban J connectivity index is 1.74. The van der Waals surface area contributed by atoms with Gasteiger partial charge in [0.1, 0.15) is 18.1 Å². The van der Waals surface area contributed by atoms with Crippen molar-refractivity contribution in [3.63, 3.8) is 0 Å². The third-order valence-electron chi connectivity index (χ3n) is 5.04. The molecule has 1 amide bonds. The van der Waals surface area contributed by atoms with Crippen molar-refractivity contribution in [1.82, 2.24) is 14.8 Å². The number of benzene rings is 2. The minimum Gasteiger partial charge on any atom is -0.495 e. The first-order chi connectivity index (χ1) is 15.0. The normalized spacial score (nSPS) is 15.0. The van der Waals surface area contributed by atoms with Crippen LogP contribution in [0.1, 0.15) is 28.9 Å². The maximum Gasteiger partial charge on any atom is 0.337 e. The maximum atomic E-state index is 13.4. The van der Waals surface area contributed by atoms with Gasteiger partial charge in [0.2, 0.25) is 5.95 Å². The number of allylic oxidation sites excluding steroid dienone is 1. The van der Waals surface area contributed by atoms with Gasteiger partial charge in [-0.1, -0.05) is 24.3 Å². The van der Waals surface area contributed by atoms with E-state index in [1.54, 1.807) is 48.2 Å². The van der Waals surface area contributed by atoms with Gasteiger partial charge in [0, 0.05) is 5.70 Å². The lowest BCUT2D eigenvalue weighted by Crippen LogP contribution is -2.31. The summed E-state index contributed by atoms with van der Waals surface area (Å²) in [6, 6.07) is 13.5. The van der Waals surface area contributed by atoms with Crippen LogP contribution >= 0.6 is 0 Å². The molecule has 2 N–H and O–H groups in total. The minimum absolute atomic E-state index is 0.308. The fraction of sp³-hybridized carbons (Fsp3) is 0.182. The molecule has 1 aromatic heterocycles. The Kier molecular flexibility index (Phi) is 5.40. The Bertz CT molecular complexity index is 1170. The lowest BCUT2D eigenvalue weighted by atomic mass is 9.94. The van der Waals surface area contributed by atoms with Gasteiger partial charge in [0.05, 0.1) is 31.0 Å². The van der Waals surface area contributed by atoms with Crippen molar-refractivity contribution in [2.75, 3.05) is 24.9 Å². The predicted octanol–water partition coefficient (Wildman–Crippen LogP) is 3.00. The standard InChI is InChI=1S/C22H21N5O4/c1-13-18(20(28)26-16-6-4-5-7-17(16)30-2)19(27-22(25-13)23-12-24-27)14-8-10-15(11-9-14)21(29)31-3/h4-12,19H,1-3H3,(H,26,28)(H,23,24,25)/t19-/m0/s1. The van der Waals surface area contributed by atoms with Crippen LogP contribution in [-0.4, -0.2) is 40.9 Å². The van der Waals surface area contributed by atoms with Gasteiger partial charge in [0.25, 0.3) is 5.91 Å². The highest BCUT2D eigenvalue weighted by Crippen LogP contribution is 2.36. The molecule has 9 heteroatoms. The summed E-state index contributed by atoms with van der Waals surface area (Å²) in [5.41, 5.74) is 2.86. The van der Waals surface area contributed by atoms with Gasteiger partial charge >= 0.3 is 5.97 Å². The first-order valence-electron chi connectivity index (χ1n) is 9.53. The van der Waals surface area contributed by atoms with Crippen molar-refractivity contribution in [3.05, 3.63) is 77.3 Å². The molecule has 0 saturated heterocycles. The number of carbonyl (C=O) groups excluding carboxylic acids is 2. The summed E-state index contributed by atoms with van der Waals surface area (Å²) in [6.07, 6.45) is 1.42. The van der Waals surface area contributed by atoms with Crippen LogP contribution in [0.3, 0.4) is 0 Å². The Morgan fingerprint density at radius 3 is 2.55 bits per heavy atom. The Labute approximate surface area is 178 Å². The number of fused-ring (bicyclic) bond motifs is 1. The Morgan fingerprint density at radius 2 is 1.84 bits per heavy atom. The molecular formula is C22H21N5O4. The van der Waals surface area contributed by atoms with Gasteiger partial charge < -0.3 is 20.1 Å².